The molecule has 0 heterocycles. The molecular weight excluding hydrogens is 389 g/mol. The minimum Gasteiger partial charge on any atom is -0.480 e. The van der Waals surface area contributed by atoms with Crippen molar-refractivity contribution in [2.75, 3.05) is 24.7 Å². The van der Waals surface area contributed by atoms with Gasteiger partial charge in [-0.1, -0.05) is 23.2 Å². The largest absolute Gasteiger partial charge is 0.480 e. The lowest BCUT2D eigenvalue weighted by Gasteiger charge is -2.21. The van der Waals surface area contributed by atoms with Crippen molar-refractivity contribution in [3.05, 3.63) is 46.4 Å². The molecule has 0 saturated heterocycles. The van der Waals surface area contributed by atoms with Crippen LogP contribution in [0, 0.1) is 0 Å². The predicted molar refractivity (Wildman–Crippen MR) is 97.0 cm³/mol. The minimum atomic E-state index is -3.39. The van der Waals surface area contributed by atoms with Crippen molar-refractivity contribution >= 4 is 44.7 Å². The first kappa shape index (κ1) is 19.4. The van der Waals surface area contributed by atoms with Crippen molar-refractivity contribution < 1.29 is 23.1 Å². The highest BCUT2D eigenvalue weighted by Crippen LogP contribution is 2.37. The second-order valence-corrected chi connectivity index (χ2v) is 8.19. The van der Waals surface area contributed by atoms with Crippen LogP contribution < -0.4 is 9.64 Å². The van der Waals surface area contributed by atoms with Crippen LogP contribution in [0.1, 0.15) is 0 Å². The molecule has 2 aromatic rings. The second-order valence-electron chi connectivity index (χ2n) is 5.33. The molecule has 2 rings (SSSR count). The first-order chi connectivity index (χ1) is 11.6. The average Bonchev–Trinajstić information content (AvgIpc) is 2.47. The number of likely N-dealkylation sites (N-methyl/N-ethyl adjacent to an activating group) is 1. The van der Waals surface area contributed by atoms with Gasteiger partial charge in [0.15, 0.2) is 15.6 Å². The van der Waals surface area contributed by atoms with E-state index < -0.39 is 15.8 Å². The van der Waals surface area contributed by atoms with E-state index in [1.807, 2.05) is 0 Å². The monoisotopic (exact) mass is 403 g/mol. The Labute approximate surface area is 155 Å². The molecule has 0 atom stereocenters. The number of ether oxygens (including phenoxy) is 1. The number of halogens is 2. The predicted octanol–water partition coefficient (Wildman–Crippen LogP) is 3.71. The Morgan fingerprint density at radius 1 is 1.16 bits per heavy atom. The number of rotatable bonds is 6. The first-order valence-electron chi connectivity index (χ1n) is 6.98. The number of carboxylic acid groups (broad SMARTS) is 1. The molecule has 0 aliphatic heterocycles. The van der Waals surface area contributed by atoms with Crippen LogP contribution in [0.2, 0.25) is 10.0 Å². The standard InChI is InChI=1S/C16H15Cl2NO5S/c1-19(9-16(20)21)13-5-3-10(17)7-15(13)24-14-6-4-11(8-12(14)18)25(2,22)23/h3-8H,9H2,1-2H3,(H,20,21). The van der Waals surface area contributed by atoms with Gasteiger partial charge >= 0.3 is 5.97 Å². The Bertz CT molecular complexity index is 915. The topological polar surface area (TPSA) is 83.9 Å². The van der Waals surface area contributed by atoms with Gasteiger partial charge in [-0.3, -0.25) is 4.79 Å². The number of carbonyl (C=O) groups is 1. The fraction of sp³-hybridized carbons (Fsp3) is 0.188. The summed E-state index contributed by atoms with van der Waals surface area (Å²) in [6, 6.07) is 8.85. The third-order valence-corrected chi connectivity index (χ3v) is 4.90. The summed E-state index contributed by atoms with van der Waals surface area (Å²) < 4.78 is 28.9. The molecule has 0 radical (unpaired) electrons. The molecule has 1 N–H and O–H groups in total. The fourth-order valence-corrected chi connectivity index (χ4v) is 3.18. The molecule has 0 aromatic heterocycles. The SMILES string of the molecule is CN(CC(=O)O)c1ccc(Cl)cc1Oc1ccc(S(C)(=O)=O)cc1Cl. The van der Waals surface area contributed by atoms with E-state index >= 15 is 0 Å². The van der Waals surface area contributed by atoms with Gasteiger partial charge in [-0.2, -0.15) is 0 Å². The highest BCUT2D eigenvalue weighted by molar-refractivity contribution is 7.90. The molecule has 2 aromatic carbocycles. The highest BCUT2D eigenvalue weighted by Gasteiger charge is 2.16. The van der Waals surface area contributed by atoms with E-state index in [2.05, 4.69) is 0 Å². The van der Waals surface area contributed by atoms with Crippen LogP contribution in [0.5, 0.6) is 11.5 Å². The lowest BCUT2D eigenvalue weighted by Crippen LogP contribution is -2.25. The molecule has 0 saturated carbocycles. The maximum Gasteiger partial charge on any atom is 0.323 e. The number of hydrogen-bond acceptors (Lipinski definition) is 5. The van der Waals surface area contributed by atoms with Crippen molar-refractivity contribution in [3.8, 4) is 11.5 Å². The van der Waals surface area contributed by atoms with Gasteiger partial charge in [-0.05, 0) is 30.3 Å². The van der Waals surface area contributed by atoms with Crippen LogP contribution in [0.15, 0.2) is 41.3 Å². The van der Waals surface area contributed by atoms with E-state index in [9.17, 15) is 13.2 Å². The quantitative estimate of drug-likeness (QED) is 0.790. The summed E-state index contributed by atoms with van der Waals surface area (Å²) >= 11 is 12.1. The van der Waals surface area contributed by atoms with E-state index in [0.29, 0.717) is 16.5 Å². The van der Waals surface area contributed by atoms with Crippen LogP contribution in [0.3, 0.4) is 0 Å². The number of sulfone groups is 1. The van der Waals surface area contributed by atoms with Gasteiger partial charge in [0.05, 0.1) is 15.6 Å². The van der Waals surface area contributed by atoms with Gasteiger partial charge in [-0.25, -0.2) is 8.42 Å². The number of nitrogens with zero attached hydrogens (tertiary/aromatic N) is 1. The van der Waals surface area contributed by atoms with Crippen molar-refractivity contribution in [1.29, 1.82) is 0 Å². The van der Waals surface area contributed by atoms with Crippen molar-refractivity contribution in [1.82, 2.24) is 0 Å². The molecule has 0 aliphatic rings. The molecule has 6 nitrogen and oxygen atoms in total. The van der Waals surface area contributed by atoms with Crippen molar-refractivity contribution in [2.45, 2.75) is 4.90 Å². The van der Waals surface area contributed by atoms with Gasteiger partial charge < -0.3 is 14.7 Å². The number of anilines is 1. The molecule has 0 aliphatic carbocycles. The highest BCUT2D eigenvalue weighted by atomic mass is 35.5. The summed E-state index contributed by atoms with van der Waals surface area (Å²) in [5.41, 5.74) is 0.495. The molecule has 25 heavy (non-hydrogen) atoms. The summed E-state index contributed by atoms with van der Waals surface area (Å²) in [6.07, 6.45) is 1.08. The zero-order valence-corrected chi connectivity index (χ0v) is 15.7. The van der Waals surface area contributed by atoms with Gasteiger partial charge in [-0.15, -0.1) is 0 Å². The number of aliphatic carboxylic acids is 1. The van der Waals surface area contributed by atoms with Crippen LogP contribution in [-0.2, 0) is 14.6 Å². The number of carboxylic acids is 1. The molecule has 0 fully saturated rings. The van der Waals surface area contributed by atoms with Crippen LogP contribution >= 0.6 is 23.2 Å². The van der Waals surface area contributed by atoms with Crippen LogP contribution in [0.4, 0.5) is 5.69 Å². The zero-order valence-electron chi connectivity index (χ0n) is 13.4. The summed E-state index contributed by atoms with van der Waals surface area (Å²) in [5, 5.41) is 9.45. The second kappa shape index (κ2) is 7.51. The maximum atomic E-state index is 11.6. The number of benzene rings is 2. The van der Waals surface area contributed by atoms with Gasteiger partial charge in [0, 0.05) is 24.4 Å². The lowest BCUT2D eigenvalue weighted by molar-refractivity contribution is -0.135. The fourth-order valence-electron chi connectivity index (χ4n) is 2.09. The Morgan fingerprint density at radius 3 is 2.40 bits per heavy atom. The molecule has 134 valence electrons. The van der Waals surface area contributed by atoms with E-state index in [1.54, 1.807) is 19.2 Å². The van der Waals surface area contributed by atoms with Crippen molar-refractivity contribution in [3.63, 3.8) is 0 Å². The van der Waals surface area contributed by atoms with E-state index in [4.69, 9.17) is 33.0 Å². The third-order valence-electron chi connectivity index (χ3n) is 3.26. The van der Waals surface area contributed by atoms with Crippen LogP contribution in [0.25, 0.3) is 0 Å². The molecule has 0 amide bonds. The molecule has 0 bridgehead atoms. The molecule has 0 unspecified atom stereocenters. The minimum absolute atomic E-state index is 0.0687. The summed E-state index contributed by atoms with van der Waals surface area (Å²) in [5.74, 6) is -0.481. The lowest BCUT2D eigenvalue weighted by atomic mass is 10.2. The van der Waals surface area contributed by atoms with Gasteiger partial charge in [0.1, 0.15) is 12.3 Å². The Morgan fingerprint density at radius 2 is 1.84 bits per heavy atom. The average molecular weight is 404 g/mol. The first-order valence-corrected chi connectivity index (χ1v) is 9.62. The molecule has 9 heteroatoms. The van der Waals surface area contributed by atoms with E-state index in [1.165, 1.54) is 29.2 Å². The Kier molecular flexibility index (Phi) is 5.82. The van der Waals surface area contributed by atoms with Crippen LogP contribution in [-0.4, -0.2) is 39.3 Å². The third kappa shape index (κ3) is 5.01. The molecule has 0 spiro atoms. The van der Waals surface area contributed by atoms with Crippen molar-refractivity contribution in [2.24, 2.45) is 0 Å². The number of hydrogen-bond donors (Lipinski definition) is 1. The Balaban J connectivity index is 2.40. The Hall–Kier alpha value is -1.96. The van der Waals surface area contributed by atoms with E-state index in [0.717, 1.165) is 6.26 Å². The summed E-state index contributed by atoms with van der Waals surface area (Å²) in [4.78, 5) is 12.5. The zero-order chi connectivity index (χ0) is 18.8. The summed E-state index contributed by atoms with van der Waals surface area (Å²) in [7, 11) is -1.80. The molecular formula is C16H15Cl2NO5S. The van der Waals surface area contributed by atoms with Gasteiger partial charge in [0.2, 0.25) is 0 Å². The normalized spacial score (nSPS) is 11.2. The summed E-state index contributed by atoms with van der Waals surface area (Å²) in [6.45, 7) is -0.237. The smallest absolute Gasteiger partial charge is 0.323 e. The van der Waals surface area contributed by atoms with Gasteiger partial charge in [0.25, 0.3) is 0 Å². The maximum absolute atomic E-state index is 11.6. The van der Waals surface area contributed by atoms with E-state index in [-0.39, 0.29) is 22.2 Å².